The summed E-state index contributed by atoms with van der Waals surface area (Å²) in [6.45, 7) is 3.97. The van der Waals surface area contributed by atoms with Crippen LogP contribution in [0.3, 0.4) is 0 Å². The van der Waals surface area contributed by atoms with E-state index in [1.807, 2.05) is 19.9 Å². The van der Waals surface area contributed by atoms with Gasteiger partial charge >= 0.3 is 0 Å². The van der Waals surface area contributed by atoms with Crippen LogP contribution in [0.15, 0.2) is 34.8 Å². The Morgan fingerprint density at radius 1 is 1.45 bits per heavy atom. The number of hydrogen-bond donors (Lipinski definition) is 0. The molecule has 108 valence electrons. The third-order valence-corrected chi connectivity index (χ3v) is 3.09. The van der Waals surface area contributed by atoms with Crippen LogP contribution in [0.1, 0.15) is 29.8 Å². The second-order valence-electron chi connectivity index (χ2n) is 4.05. The van der Waals surface area contributed by atoms with Crippen molar-refractivity contribution in [2.24, 2.45) is 4.99 Å². The maximum absolute atomic E-state index is 11.5. The first kappa shape index (κ1) is 16.2. The number of allylic oxidation sites excluding steroid dienone is 1. The highest BCUT2D eigenvalue weighted by atomic mass is 35.5. The van der Waals surface area contributed by atoms with Gasteiger partial charge in [-0.1, -0.05) is 12.1 Å². The van der Waals surface area contributed by atoms with Crippen LogP contribution < -0.4 is 4.74 Å². The van der Waals surface area contributed by atoms with Crippen molar-refractivity contribution in [3.05, 3.63) is 41.0 Å². The van der Waals surface area contributed by atoms with E-state index in [2.05, 4.69) is 4.99 Å². The number of ether oxygens (including phenoxy) is 2. The Kier molecular flexibility index (Phi) is 6.25. The highest BCUT2D eigenvalue weighted by Crippen LogP contribution is 2.25. The number of aliphatic imine (C=N–C) groups is 1. The molecule has 5 heteroatoms. The van der Waals surface area contributed by atoms with Gasteiger partial charge in [-0.3, -0.25) is 9.79 Å². The number of carbonyl (C=O) groups excluding carboxylic acids is 1. The smallest absolute Gasteiger partial charge is 0.252 e. The molecule has 0 aliphatic rings. The summed E-state index contributed by atoms with van der Waals surface area (Å²) in [6, 6.07) is 5.11. The van der Waals surface area contributed by atoms with Crippen LogP contribution in [0.4, 0.5) is 0 Å². The Bertz CT molecular complexity index is 550. The first-order valence-electron chi connectivity index (χ1n) is 6.13. The molecule has 4 nitrogen and oxygen atoms in total. The van der Waals surface area contributed by atoms with Crippen molar-refractivity contribution < 1.29 is 14.3 Å². The Balaban J connectivity index is 3.05. The average molecular weight is 296 g/mol. The lowest BCUT2D eigenvalue weighted by Crippen LogP contribution is -2.09. The zero-order valence-corrected chi connectivity index (χ0v) is 12.8. The van der Waals surface area contributed by atoms with E-state index >= 15 is 0 Å². The van der Waals surface area contributed by atoms with Gasteiger partial charge in [0.1, 0.15) is 12.4 Å². The zero-order valence-electron chi connectivity index (χ0n) is 12.1. The van der Waals surface area contributed by atoms with Gasteiger partial charge in [0, 0.05) is 23.7 Å². The van der Waals surface area contributed by atoms with E-state index in [0.29, 0.717) is 22.8 Å². The maximum atomic E-state index is 11.5. The van der Waals surface area contributed by atoms with Crippen molar-refractivity contribution in [1.29, 1.82) is 0 Å². The summed E-state index contributed by atoms with van der Waals surface area (Å²) in [5.74, 6) is 1.08. The van der Waals surface area contributed by atoms with Crippen LogP contribution >= 0.6 is 11.6 Å². The molecule has 0 aromatic heterocycles. The van der Waals surface area contributed by atoms with Crippen LogP contribution in [0, 0.1) is 0 Å². The predicted octanol–water partition coefficient (Wildman–Crippen LogP) is 3.59. The van der Waals surface area contributed by atoms with Gasteiger partial charge in [0.2, 0.25) is 5.90 Å². The van der Waals surface area contributed by atoms with Gasteiger partial charge in [-0.15, -0.1) is 0 Å². The number of halogens is 1. The second-order valence-corrected chi connectivity index (χ2v) is 4.39. The van der Waals surface area contributed by atoms with Crippen molar-refractivity contribution >= 4 is 22.7 Å². The SMILES string of the molecule is C/C=C(/C)C(=NC)OCc1c(OC)cccc1C(=O)Cl. The monoisotopic (exact) mass is 295 g/mol. The van der Waals surface area contributed by atoms with E-state index in [-0.39, 0.29) is 6.61 Å². The molecule has 1 rings (SSSR count). The molecule has 20 heavy (non-hydrogen) atoms. The minimum absolute atomic E-state index is 0.162. The molecule has 0 spiro atoms. The Labute approximate surface area is 124 Å². The van der Waals surface area contributed by atoms with Gasteiger partial charge in [0.25, 0.3) is 5.24 Å². The molecule has 0 saturated heterocycles. The van der Waals surface area contributed by atoms with E-state index in [0.717, 1.165) is 5.57 Å². The minimum Gasteiger partial charge on any atom is -0.496 e. The van der Waals surface area contributed by atoms with E-state index in [4.69, 9.17) is 21.1 Å². The second kappa shape index (κ2) is 7.70. The van der Waals surface area contributed by atoms with Crippen molar-refractivity contribution in [1.82, 2.24) is 0 Å². The third kappa shape index (κ3) is 3.84. The topological polar surface area (TPSA) is 47.9 Å². The normalized spacial score (nSPS) is 12.2. The molecule has 0 N–H and O–H groups in total. The predicted molar refractivity (Wildman–Crippen MR) is 80.8 cm³/mol. The van der Waals surface area contributed by atoms with E-state index in [1.54, 1.807) is 25.2 Å². The zero-order chi connectivity index (χ0) is 15.1. The van der Waals surface area contributed by atoms with Gasteiger partial charge in [-0.25, -0.2) is 0 Å². The number of nitrogens with zero attached hydrogens (tertiary/aromatic N) is 1. The van der Waals surface area contributed by atoms with Gasteiger partial charge in [0.15, 0.2) is 0 Å². The molecule has 0 amide bonds. The lowest BCUT2D eigenvalue weighted by Gasteiger charge is -2.14. The number of benzene rings is 1. The average Bonchev–Trinajstić information content (AvgIpc) is 2.46. The molecule has 0 aliphatic heterocycles. The van der Waals surface area contributed by atoms with Crippen molar-refractivity contribution in [2.75, 3.05) is 14.2 Å². The number of methoxy groups -OCH3 is 1. The lowest BCUT2D eigenvalue weighted by atomic mass is 10.1. The fourth-order valence-electron chi connectivity index (χ4n) is 1.71. The maximum Gasteiger partial charge on any atom is 0.252 e. The molecule has 0 aliphatic carbocycles. The third-order valence-electron chi connectivity index (χ3n) is 2.89. The standard InChI is InChI=1S/C15H18ClNO3/c1-5-10(2)15(17-3)20-9-12-11(14(16)18)7-6-8-13(12)19-4/h5-8H,9H2,1-4H3/b10-5-,17-15?. The van der Waals surface area contributed by atoms with Crippen LogP contribution in [0.2, 0.25) is 0 Å². The molecule has 0 atom stereocenters. The minimum atomic E-state index is -0.541. The summed E-state index contributed by atoms with van der Waals surface area (Å²) in [5.41, 5.74) is 1.90. The first-order valence-corrected chi connectivity index (χ1v) is 6.51. The summed E-state index contributed by atoms with van der Waals surface area (Å²) in [7, 11) is 3.19. The lowest BCUT2D eigenvalue weighted by molar-refractivity contribution is 0.107. The molecule has 0 bridgehead atoms. The molecule has 0 saturated carbocycles. The van der Waals surface area contributed by atoms with E-state index in [1.165, 1.54) is 7.11 Å². The van der Waals surface area contributed by atoms with Crippen LogP contribution in [0.5, 0.6) is 5.75 Å². The van der Waals surface area contributed by atoms with Crippen molar-refractivity contribution in [2.45, 2.75) is 20.5 Å². The number of rotatable bonds is 5. The van der Waals surface area contributed by atoms with Crippen molar-refractivity contribution in [3.63, 3.8) is 0 Å². The molecule has 0 unspecified atom stereocenters. The highest BCUT2D eigenvalue weighted by molar-refractivity contribution is 6.68. The fraction of sp³-hybridized carbons (Fsp3) is 0.333. The quantitative estimate of drug-likeness (QED) is 0.474. The Hall–Kier alpha value is -1.81. The summed E-state index contributed by atoms with van der Waals surface area (Å²) >= 11 is 5.58. The van der Waals surface area contributed by atoms with Gasteiger partial charge in [0.05, 0.1) is 7.11 Å². The summed E-state index contributed by atoms with van der Waals surface area (Å²) in [6.07, 6.45) is 1.90. The van der Waals surface area contributed by atoms with Crippen LogP contribution in [0.25, 0.3) is 0 Å². The Morgan fingerprint density at radius 2 is 2.15 bits per heavy atom. The van der Waals surface area contributed by atoms with Gasteiger partial charge in [-0.2, -0.15) is 0 Å². The molecule has 0 fully saturated rings. The van der Waals surface area contributed by atoms with Crippen LogP contribution in [-0.2, 0) is 11.3 Å². The van der Waals surface area contributed by atoms with Gasteiger partial charge in [-0.05, 0) is 37.6 Å². The van der Waals surface area contributed by atoms with Crippen molar-refractivity contribution in [3.8, 4) is 5.75 Å². The van der Waals surface area contributed by atoms with Gasteiger partial charge < -0.3 is 9.47 Å². The molecular formula is C15H18ClNO3. The van der Waals surface area contributed by atoms with E-state index in [9.17, 15) is 4.79 Å². The summed E-state index contributed by atoms with van der Waals surface area (Å²) < 4.78 is 10.9. The highest BCUT2D eigenvalue weighted by Gasteiger charge is 2.15. The molecule has 1 aromatic carbocycles. The number of hydrogen-bond acceptors (Lipinski definition) is 4. The molecule has 1 aromatic rings. The molecule has 0 heterocycles. The summed E-state index contributed by atoms with van der Waals surface area (Å²) in [5, 5.41) is -0.541. The Morgan fingerprint density at radius 3 is 2.65 bits per heavy atom. The largest absolute Gasteiger partial charge is 0.496 e. The van der Waals surface area contributed by atoms with Crippen LogP contribution in [-0.4, -0.2) is 25.3 Å². The molecule has 0 radical (unpaired) electrons. The molecular weight excluding hydrogens is 278 g/mol. The summed E-state index contributed by atoms with van der Waals surface area (Å²) in [4.78, 5) is 15.5. The number of carbonyl (C=O) groups is 1. The van der Waals surface area contributed by atoms with E-state index < -0.39 is 5.24 Å². The fourth-order valence-corrected chi connectivity index (χ4v) is 1.89. The first-order chi connectivity index (χ1) is 9.54.